The molecule has 0 bridgehead atoms. The molecule has 0 aliphatic rings. The molecule has 8 heteroatoms. The molecule has 0 unspecified atom stereocenters. The number of nitrogens with one attached hydrogen (secondary N) is 2. The molecule has 10 aromatic carbocycles. The van der Waals surface area contributed by atoms with Crippen molar-refractivity contribution in [3.8, 4) is 28.6 Å². The third-order valence-electron chi connectivity index (χ3n) is 14.4. The van der Waals surface area contributed by atoms with Crippen LogP contribution in [0.1, 0.15) is 0 Å². The van der Waals surface area contributed by atoms with Gasteiger partial charge in [-0.25, -0.2) is 4.98 Å². The van der Waals surface area contributed by atoms with E-state index in [1.165, 1.54) is 21.5 Å². The van der Waals surface area contributed by atoms with Gasteiger partial charge in [0.15, 0.2) is 5.82 Å². The predicted octanol–water partition coefficient (Wildman–Crippen LogP) is 16.2. The van der Waals surface area contributed by atoms with Crippen LogP contribution in [0.3, 0.4) is 0 Å². The Morgan fingerprint density at radius 1 is 0.319 bits per heavy atom. The summed E-state index contributed by atoms with van der Waals surface area (Å²) in [6.45, 7) is 0. The monoisotopic (exact) mass is 922 g/mol. The first-order valence-corrected chi connectivity index (χ1v) is 24.4. The average molecular weight is 923 g/mol. The van der Waals surface area contributed by atoms with Gasteiger partial charge in [-0.1, -0.05) is 170 Å². The Kier molecular flexibility index (Phi) is 8.79. The number of nitrogens with zero attached hydrogens (tertiary/aromatic N) is 6. The van der Waals surface area contributed by atoms with Crippen molar-refractivity contribution in [2.45, 2.75) is 0 Å². The summed E-state index contributed by atoms with van der Waals surface area (Å²) in [6.07, 6.45) is 0. The zero-order valence-corrected chi connectivity index (χ0v) is 38.8. The topological polar surface area (TPSA) is 69.6 Å². The molecule has 8 nitrogen and oxygen atoms in total. The van der Waals surface area contributed by atoms with Gasteiger partial charge in [-0.15, -0.1) is 0 Å². The molecule has 2 N–H and O–H groups in total. The van der Waals surface area contributed by atoms with Crippen LogP contribution >= 0.6 is 0 Å². The van der Waals surface area contributed by atoms with Gasteiger partial charge < -0.3 is 14.5 Å². The van der Waals surface area contributed by atoms with Gasteiger partial charge in [0.2, 0.25) is 5.95 Å². The molecule has 0 aliphatic heterocycles. The van der Waals surface area contributed by atoms with Crippen LogP contribution in [0.4, 0.5) is 17.2 Å². The van der Waals surface area contributed by atoms with Crippen LogP contribution in [0.5, 0.6) is 0 Å². The molecule has 0 spiro atoms. The highest BCUT2D eigenvalue weighted by Crippen LogP contribution is 2.45. The van der Waals surface area contributed by atoms with Gasteiger partial charge in [-0.2, -0.15) is 4.98 Å². The van der Waals surface area contributed by atoms with E-state index in [-0.39, 0.29) is 0 Å². The molecular weight excluding hydrogens is 881 g/mol. The first-order valence-electron chi connectivity index (χ1n) is 24.4. The number of fused-ring (bicyclic) bond motifs is 14. The van der Waals surface area contributed by atoms with Gasteiger partial charge in [0.05, 0.1) is 44.1 Å². The molecule has 15 rings (SSSR count). The van der Waals surface area contributed by atoms with Gasteiger partial charge >= 0.3 is 0 Å². The summed E-state index contributed by atoms with van der Waals surface area (Å²) >= 11 is 0. The fourth-order valence-electron chi connectivity index (χ4n) is 11.4. The van der Waals surface area contributed by atoms with Gasteiger partial charge in [0, 0.05) is 65.7 Å². The maximum absolute atomic E-state index is 5.70. The van der Waals surface area contributed by atoms with Crippen LogP contribution in [0.2, 0.25) is 0 Å². The van der Waals surface area contributed by atoms with E-state index in [4.69, 9.17) is 9.97 Å². The number of benzene rings is 10. The molecule has 0 fully saturated rings. The van der Waals surface area contributed by atoms with E-state index in [1.807, 2.05) is 24.3 Å². The highest BCUT2D eigenvalue weighted by molar-refractivity contribution is 6.27. The highest BCUT2D eigenvalue weighted by Gasteiger charge is 2.26. The van der Waals surface area contributed by atoms with Crippen molar-refractivity contribution in [1.29, 1.82) is 0 Å². The Hall–Kier alpha value is -9.92. The van der Waals surface area contributed by atoms with Gasteiger partial charge in [-0.05, 0) is 72.8 Å². The Balaban J connectivity index is 1.04. The SMILES string of the molecule is c1ccc(Nc2c(Nn3c4ccccc4c4c3ccc3c5ccccc5n(-c5ccccc5)c34)nc(-n3c4ccccc4c4c3ccc3c5ccccc5n(-c5ccccc5)c34)nc2-c2ccccc2)cc1. The number of anilines is 3. The number of aromatic nitrogens is 6. The largest absolute Gasteiger partial charge is 0.351 e. The highest BCUT2D eigenvalue weighted by atomic mass is 15.4. The lowest BCUT2D eigenvalue weighted by atomic mass is 10.1. The summed E-state index contributed by atoms with van der Waals surface area (Å²) in [5.74, 6) is 1.15. The van der Waals surface area contributed by atoms with Gasteiger partial charge in [0.25, 0.3) is 0 Å². The van der Waals surface area contributed by atoms with Crippen molar-refractivity contribution in [1.82, 2.24) is 28.3 Å². The van der Waals surface area contributed by atoms with Crippen LogP contribution in [0.25, 0.3) is 116 Å². The molecule has 0 radical (unpaired) electrons. The summed E-state index contributed by atoms with van der Waals surface area (Å²) < 4.78 is 9.28. The lowest BCUT2D eigenvalue weighted by molar-refractivity contribution is 0.962. The smallest absolute Gasteiger partial charge is 0.237 e. The Bertz CT molecular complexity index is 4610. The Morgan fingerprint density at radius 3 is 1.35 bits per heavy atom. The van der Waals surface area contributed by atoms with Crippen LogP contribution in [0, 0.1) is 0 Å². The number of para-hydroxylation sites is 7. The minimum absolute atomic E-state index is 0.537. The molecule has 0 saturated carbocycles. The average Bonchev–Trinajstić information content (AvgIpc) is 4.18. The van der Waals surface area contributed by atoms with E-state index in [1.54, 1.807) is 0 Å². The van der Waals surface area contributed by atoms with E-state index in [2.05, 4.69) is 248 Å². The summed E-state index contributed by atoms with van der Waals surface area (Å²) in [5.41, 5.74) is 18.2. The number of hydrogen-bond acceptors (Lipinski definition) is 4. The molecule has 5 heterocycles. The Labute approximate surface area is 412 Å². The van der Waals surface area contributed by atoms with Crippen LogP contribution < -0.4 is 10.7 Å². The summed E-state index contributed by atoms with van der Waals surface area (Å²) in [6, 6.07) is 85.9. The van der Waals surface area contributed by atoms with Crippen molar-refractivity contribution >= 4 is 104 Å². The third-order valence-corrected chi connectivity index (χ3v) is 14.4. The second-order valence-corrected chi connectivity index (χ2v) is 18.4. The van der Waals surface area contributed by atoms with Crippen molar-refractivity contribution in [2.75, 3.05) is 10.7 Å². The molecule has 0 aliphatic carbocycles. The molecule has 0 atom stereocenters. The minimum atomic E-state index is 0.537. The van der Waals surface area contributed by atoms with Gasteiger partial charge in [-0.3, -0.25) is 14.7 Å². The maximum atomic E-state index is 5.70. The quantitative estimate of drug-likeness (QED) is 0.159. The zero-order valence-electron chi connectivity index (χ0n) is 38.8. The third kappa shape index (κ3) is 5.93. The number of rotatable bonds is 8. The molecular formula is C64H42N8. The van der Waals surface area contributed by atoms with Crippen LogP contribution in [-0.4, -0.2) is 28.3 Å². The van der Waals surface area contributed by atoms with E-state index in [0.717, 1.165) is 99.7 Å². The molecule has 0 amide bonds. The van der Waals surface area contributed by atoms with Crippen LogP contribution in [0.15, 0.2) is 243 Å². The zero-order chi connectivity index (χ0) is 47.3. The van der Waals surface area contributed by atoms with E-state index in [9.17, 15) is 0 Å². The van der Waals surface area contributed by atoms with E-state index >= 15 is 0 Å². The normalized spacial score (nSPS) is 11.9. The predicted molar refractivity (Wildman–Crippen MR) is 299 cm³/mol. The van der Waals surface area contributed by atoms with Crippen LogP contribution in [-0.2, 0) is 0 Å². The molecule has 72 heavy (non-hydrogen) atoms. The first-order chi connectivity index (χ1) is 35.8. The lowest BCUT2D eigenvalue weighted by Gasteiger charge is -2.20. The molecule has 5 aromatic heterocycles. The van der Waals surface area contributed by atoms with E-state index < -0.39 is 0 Å². The van der Waals surface area contributed by atoms with Crippen molar-refractivity contribution < 1.29 is 0 Å². The summed E-state index contributed by atoms with van der Waals surface area (Å²) in [7, 11) is 0. The first kappa shape index (κ1) is 40.0. The number of hydrogen-bond donors (Lipinski definition) is 2. The molecule has 338 valence electrons. The standard InChI is InChI=1S/C64H42N8/c1-5-21-41(22-6-1)59-60(65-42-23-7-2-8-24-42)63(68-72-54-36-20-16-32-50(54)58-56(72)40-38-48-46-30-14-18-34-52(46)70(62(48)58)44-27-11-4-12-28-44)67-64(66-59)71-53-35-19-15-31-49(53)57-55(71)39-37-47-45-29-13-17-33-51(45)69(61(47)57)43-25-9-3-10-26-43/h1-40,65H,(H,66,67,68). The van der Waals surface area contributed by atoms with Crippen molar-refractivity contribution in [2.24, 2.45) is 0 Å². The molecule has 15 aromatic rings. The summed E-state index contributed by atoms with van der Waals surface area (Å²) in [4.78, 5) is 11.3. The summed E-state index contributed by atoms with van der Waals surface area (Å²) in [5, 5.41) is 13.1. The Morgan fingerprint density at radius 2 is 0.764 bits per heavy atom. The fourth-order valence-corrected chi connectivity index (χ4v) is 11.4. The van der Waals surface area contributed by atoms with Crippen molar-refractivity contribution in [3.63, 3.8) is 0 Å². The fraction of sp³-hybridized carbons (Fsp3) is 0. The van der Waals surface area contributed by atoms with E-state index in [0.29, 0.717) is 11.8 Å². The minimum Gasteiger partial charge on any atom is -0.351 e. The maximum Gasteiger partial charge on any atom is 0.237 e. The second-order valence-electron chi connectivity index (χ2n) is 18.4. The second kappa shape index (κ2) is 15.8. The van der Waals surface area contributed by atoms with Crippen molar-refractivity contribution in [3.05, 3.63) is 243 Å². The van der Waals surface area contributed by atoms with Gasteiger partial charge in [0.1, 0.15) is 11.4 Å². The lowest BCUT2D eigenvalue weighted by Crippen LogP contribution is -2.15. The molecule has 0 saturated heterocycles.